The highest BCUT2D eigenvalue weighted by Crippen LogP contribution is 2.33. The number of fused-ring (bicyclic) bond motifs is 1. The molecule has 0 amide bonds. The smallest absolute Gasteiger partial charge is 0.202 e. The first-order chi connectivity index (χ1) is 12.8. The zero-order chi connectivity index (χ0) is 17.3. The van der Waals surface area contributed by atoms with E-state index in [1.54, 1.807) is 6.26 Å². The van der Waals surface area contributed by atoms with Crippen LogP contribution in [0.3, 0.4) is 0 Å². The van der Waals surface area contributed by atoms with E-state index in [1.165, 1.54) is 22.5 Å². The molecule has 4 heterocycles. The Labute approximate surface area is 155 Å². The van der Waals surface area contributed by atoms with Gasteiger partial charge in [-0.1, -0.05) is 17.3 Å². The Morgan fingerprint density at radius 1 is 1.15 bits per heavy atom. The zero-order valence-electron chi connectivity index (χ0n) is 14.3. The van der Waals surface area contributed by atoms with E-state index in [0.29, 0.717) is 11.7 Å². The van der Waals surface area contributed by atoms with Crippen LogP contribution < -0.4 is 0 Å². The number of thiazole rings is 1. The second-order valence-corrected chi connectivity index (χ2v) is 7.82. The third-order valence-corrected chi connectivity index (χ3v) is 6.07. The van der Waals surface area contributed by atoms with Crippen molar-refractivity contribution >= 4 is 21.6 Å². The first-order valence-corrected chi connectivity index (χ1v) is 9.74. The standard InChI is InChI=1S/C20H19N3O2S/c1-2-8-19-16(6-1)21-20(26-19)14-5-3-9-23(12-14)13-15-11-18(25-22-15)17-7-4-10-24-17/h1-2,4,6-8,10-11,14H,3,5,9,12-13H2/t14-/m1/s1. The summed E-state index contributed by atoms with van der Waals surface area (Å²) in [5, 5.41) is 5.47. The van der Waals surface area contributed by atoms with E-state index in [4.69, 9.17) is 13.9 Å². The van der Waals surface area contributed by atoms with Gasteiger partial charge < -0.3 is 8.94 Å². The lowest BCUT2D eigenvalue weighted by molar-refractivity contribution is 0.195. The maximum atomic E-state index is 5.42. The van der Waals surface area contributed by atoms with Gasteiger partial charge in [-0.25, -0.2) is 4.98 Å². The van der Waals surface area contributed by atoms with Gasteiger partial charge in [-0.05, 0) is 43.7 Å². The highest BCUT2D eigenvalue weighted by atomic mass is 32.1. The SMILES string of the molecule is c1coc(-c2cc(CN3CCC[C@@H](c4nc5ccccc5s4)C3)no2)c1. The summed E-state index contributed by atoms with van der Waals surface area (Å²) in [5.41, 5.74) is 2.06. The highest BCUT2D eigenvalue weighted by Gasteiger charge is 2.25. The van der Waals surface area contributed by atoms with Crippen LogP contribution in [-0.2, 0) is 6.54 Å². The molecular formula is C20H19N3O2S. The fourth-order valence-corrected chi connectivity index (χ4v) is 4.71. The summed E-state index contributed by atoms with van der Waals surface area (Å²) in [6.07, 6.45) is 4.03. The molecule has 6 heteroatoms. The van der Waals surface area contributed by atoms with Crippen molar-refractivity contribution in [2.24, 2.45) is 0 Å². The molecule has 0 radical (unpaired) electrons. The molecule has 1 aromatic carbocycles. The molecule has 0 aliphatic carbocycles. The maximum absolute atomic E-state index is 5.42. The molecule has 1 aliphatic rings. The molecule has 5 rings (SSSR count). The molecule has 1 fully saturated rings. The van der Waals surface area contributed by atoms with Crippen molar-refractivity contribution in [3.63, 3.8) is 0 Å². The molecule has 0 unspecified atom stereocenters. The average molecular weight is 365 g/mol. The Morgan fingerprint density at radius 3 is 3.00 bits per heavy atom. The van der Waals surface area contributed by atoms with Crippen LogP contribution in [0.25, 0.3) is 21.7 Å². The molecule has 4 aromatic rings. The van der Waals surface area contributed by atoms with Gasteiger partial charge in [-0.2, -0.15) is 0 Å². The lowest BCUT2D eigenvalue weighted by Gasteiger charge is -2.31. The van der Waals surface area contributed by atoms with Gasteiger partial charge in [0.25, 0.3) is 0 Å². The molecule has 1 atom stereocenters. The fourth-order valence-electron chi connectivity index (χ4n) is 3.62. The minimum absolute atomic E-state index is 0.498. The van der Waals surface area contributed by atoms with Crippen LogP contribution in [0.2, 0.25) is 0 Å². The number of aromatic nitrogens is 2. The first kappa shape index (κ1) is 15.8. The Morgan fingerprint density at radius 2 is 2.12 bits per heavy atom. The van der Waals surface area contributed by atoms with E-state index in [0.717, 1.165) is 36.6 Å². The number of rotatable bonds is 4. The van der Waals surface area contributed by atoms with Crippen LogP contribution in [0.15, 0.2) is 57.7 Å². The lowest BCUT2D eigenvalue weighted by Crippen LogP contribution is -2.33. The maximum Gasteiger partial charge on any atom is 0.202 e. The Bertz CT molecular complexity index is 972. The molecule has 0 N–H and O–H groups in total. The van der Waals surface area contributed by atoms with Crippen molar-refractivity contribution in [2.45, 2.75) is 25.3 Å². The Kier molecular flexibility index (Phi) is 4.07. The van der Waals surface area contributed by atoms with Gasteiger partial charge in [0.05, 0.1) is 27.2 Å². The predicted molar refractivity (Wildman–Crippen MR) is 101 cm³/mol. The van der Waals surface area contributed by atoms with Gasteiger partial charge in [-0.3, -0.25) is 4.90 Å². The number of furan rings is 1. The molecule has 3 aromatic heterocycles. The largest absolute Gasteiger partial charge is 0.461 e. The van der Waals surface area contributed by atoms with Crippen molar-refractivity contribution in [3.05, 3.63) is 59.4 Å². The third kappa shape index (κ3) is 3.06. The summed E-state index contributed by atoms with van der Waals surface area (Å²) in [4.78, 5) is 7.31. The second-order valence-electron chi connectivity index (χ2n) is 6.75. The van der Waals surface area contributed by atoms with Crippen LogP contribution in [0.4, 0.5) is 0 Å². The van der Waals surface area contributed by atoms with E-state index >= 15 is 0 Å². The van der Waals surface area contributed by atoms with Gasteiger partial charge in [-0.15, -0.1) is 11.3 Å². The first-order valence-electron chi connectivity index (χ1n) is 8.92. The average Bonchev–Trinajstić information content (AvgIpc) is 3.41. The molecule has 1 saturated heterocycles. The molecule has 0 spiro atoms. The number of likely N-dealkylation sites (tertiary alicyclic amines) is 1. The van der Waals surface area contributed by atoms with Crippen molar-refractivity contribution in [1.29, 1.82) is 0 Å². The quantitative estimate of drug-likeness (QED) is 0.513. The zero-order valence-corrected chi connectivity index (χ0v) is 15.1. The molecule has 5 nitrogen and oxygen atoms in total. The molecular weight excluding hydrogens is 346 g/mol. The van der Waals surface area contributed by atoms with E-state index < -0.39 is 0 Å². The normalized spacial score (nSPS) is 18.5. The molecule has 132 valence electrons. The molecule has 0 bridgehead atoms. The van der Waals surface area contributed by atoms with E-state index in [-0.39, 0.29) is 0 Å². The number of hydrogen-bond acceptors (Lipinski definition) is 6. The number of nitrogens with zero attached hydrogens (tertiary/aromatic N) is 3. The second kappa shape index (κ2) is 6.70. The minimum Gasteiger partial charge on any atom is -0.461 e. The van der Waals surface area contributed by atoms with Crippen molar-refractivity contribution in [1.82, 2.24) is 15.0 Å². The number of hydrogen-bond donors (Lipinski definition) is 0. The summed E-state index contributed by atoms with van der Waals surface area (Å²) < 4.78 is 12.1. The van der Waals surface area contributed by atoms with Crippen molar-refractivity contribution in [2.75, 3.05) is 13.1 Å². The predicted octanol–water partition coefficient (Wildman–Crippen LogP) is 4.92. The van der Waals surface area contributed by atoms with Crippen LogP contribution in [0.5, 0.6) is 0 Å². The summed E-state index contributed by atoms with van der Waals surface area (Å²) in [7, 11) is 0. The highest BCUT2D eigenvalue weighted by molar-refractivity contribution is 7.18. The van der Waals surface area contributed by atoms with Crippen LogP contribution in [0.1, 0.15) is 29.5 Å². The summed E-state index contributed by atoms with van der Waals surface area (Å²) in [6, 6.07) is 14.1. The minimum atomic E-state index is 0.498. The summed E-state index contributed by atoms with van der Waals surface area (Å²) in [6.45, 7) is 2.90. The van der Waals surface area contributed by atoms with Crippen LogP contribution in [0, 0.1) is 0 Å². The summed E-state index contributed by atoms with van der Waals surface area (Å²) >= 11 is 1.83. The van der Waals surface area contributed by atoms with Gasteiger partial charge in [0.2, 0.25) is 5.76 Å². The van der Waals surface area contributed by atoms with E-state index in [1.807, 2.05) is 29.5 Å². The number of benzene rings is 1. The fraction of sp³-hybridized carbons (Fsp3) is 0.300. The van der Waals surface area contributed by atoms with Crippen LogP contribution in [-0.4, -0.2) is 28.1 Å². The summed E-state index contributed by atoms with van der Waals surface area (Å²) in [5.74, 6) is 1.90. The van der Waals surface area contributed by atoms with E-state index in [9.17, 15) is 0 Å². The van der Waals surface area contributed by atoms with Crippen molar-refractivity contribution < 1.29 is 8.94 Å². The van der Waals surface area contributed by atoms with Gasteiger partial charge in [0, 0.05) is 25.1 Å². The number of piperidine rings is 1. The van der Waals surface area contributed by atoms with Crippen LogP contribution >= 0.6 is 11.3 Å². The monoisotopic (exact) mass is 365 g/mol. The Hall–Kier alpha value is -2.44. The molecule has 26 heavy (non-hydrogen) atoms. The topological polar surface area (TPSA) is 55.3 Å². The molecule has 1 aliphatic heterocycles. The Balaban J connectivity index is 1.30. The van der Waals surface area contributed by atoms with E-state index in [2.05, 4.69) is 34.3 Å². The van der Waals surface area contributed by atoms with Gasteiger partial charge >= 0.3 is 0 Å². The van der Waals surface area contributed by atoms with Gasteiger partial charge in [0.15, 0.2) is 5.76 Å². The lowest BCUT2D eigenvalue weighted by atomic mass is 9.98. The van der Waals surface area contributed by atoms with Gasteiger partial charge in [0.1, 0.15) is 0 Å². The number of para-hydroxylation sites is 1. The third-order valence-electron chi connectivity index (χ3n) is 4.87. The molecule has 0 saturated carbocycles. The van der Waals surface area contributed by atoms with Crippen molar-refractivity contribution in [3.8, 4) is 11.5 Å².